The standard InChI is InChI=1S/C25H21BrClN3O3/c1-2-33-24(31)18-5-3-16(4-6-18)22-15-30(25(32)28-21-13-9-19(26)10-14-21)29-23(22)17-7-11-20(27)12-8-17/h3-14,22H,2,15H2,1H3,(H,28,32). The highest BCUT2D eigenvalue weighted by Gasteiger charge is 2.32. The molecule has 0 bridgehead atoms. The van der Waals surface area contributed by atoms with Gasteiger partial charge in [-0.15, -0.1) is 0 Å². The van der Waals surface area contributed by atoms with Crippen molar-refractivity contribution in [2.75, 3.05) is 18.5 Å². The highest BCUT2D eigenvalue weighted by molar-refractivity contribution is 9.10. The van der Waals surface area contributed by atoms with Crippen molar-refractivity contribution in [1.29, 1.82) is 0 Å². The number of benzene rings is 3. The maximum Gasteiger partial charge on any atom is 0.342 e. The Morgan fingerprint density at radius 2 is 1.73 bits per heavy atom. The molecule has 0 saturated carbocycles. The van der Waals surface area contributed by atoms with E-state index in [1.807, 2.05) is 48.5 Å². The molecule has 1 aliphatic heterocycles. The van der Waals surface area contributed by atoms with Crippen LogP contribution in [0.4, 0.5) is 10.5 Å². The first-order chi connectivity index (χ1) is 15.9. The summed E-state index contributed by atoms with van der Waals surface area (Å²) in [6.07, 6.45) is 0. The normalized spacial score (nSPS) is 15.2. The van der Waals surface area contributed by atoms with Gasteiger partial charge in [0.1, 0.15) is 0 Å². The van der Waals surface area contributed by atoms with Gasteiger partial charge in [0.15, 0.2) is 0 Å². The molecule has 8 heteroatoms. The van der Waals surface area contributed by atoms with Gasteiger partial charge in [-0.3, -0.25) is 0 Å². The minimum absolute atomic E-state index is 0.168. The summed E-state index contributed by atoms with van der Waals surface area (Å²) in [4.78, 5) is 24.9. The number of ether oxygens (including phenoxy) is 1. The number of rotatable bonds is 5. The molecule has 0 spiro atoms. The molecule has 168 valence electrons. The third-order valence-electron chi connectivity index (χ3n) is 5.21. The second kappa shape index (κ2) is 10.2. The van der Waals surface area contributed by atoms with Crippen molar-refractivity contribution in [3.8, 4) is 0 Å². The zero-order chi connectivity index (χ0) is 23.4. The molecule has 0 aliphatic carbocycles. The number of esters is 1. The van der Waals surface area contributed by atoms with Gasteiger partial charge in [0.2, 0.25) is 0 Å². The zero-order valence-corrected chi connectivity index (χ0v) is 20.1. The van der Waals surface area contributed by atoms with E-state index in [1.54, 1.807) is 31.2 Å². The van der Waals surface area contributed by atoms with Crippen molar-refractivity contribution in [2.45, 2.75) is 12.8 Å². The number of hydrogen-bond acceptors (Lipinski definition) is 4. The molecule has 0 aromatic heterocycles. The average Bonchev–Trinajstić information content (AvgIpc) is 3.27. The fourth-order valence-corrected chi connectivity index (χ4v) is 3.95. The first-order valence-electron chi connectivity index (χ1n) is 10.4. The molecule has 1 aliphatic rings. The Labute approximate surface area is 205 Å². The lowest BCUT2D eigenvalue weighted by molar-refractivity contribution is 0.0526. The maximum absolute atomic E-state index is 12.9. The summed E-state index contributed by atoms with van der Waals surface area (Å²) in [5, 5.41) is 9.57. The summed E-state index contributed by atoms with van der Waals surface area (Å²) >= 11 is 9.45. The van der Waals surface area contributed by atoms with Crippen molar-refractivity contribution >= 4 is 50.9 Å². The second-order valence-corrected chi connectivity index (χ2v) is 8.76. The van der Waals surface area contributed by atoms with Crippen LogP contribution in [0, 0.1) is 0 Å². The number of hydrogen-bond donors (Lipinski definition) is 1. The lowest BCUT2D eigenvalue weighted by Crippen LogP contribution is -2.30. The van der Waals surface area contributed by atoms with Gasteiger partial charge in [0.25, 0.3) is 0 Å². The first kappa shape index (κ1) is 23.0. The van der Waals surface area contributed by atoms with E-state index in [0.29, 0.717) is 29.4 Å². The quantitative estimate of drug-likeness (QED) is 0.396. The van der Waals surface area contributed by atoms with Crippen molar-refractivity contribution in [1.82, 2.24) is 5.01 Å². The fourth-order valence-electron chi connectivity index (χ4n) is 3.56. The molecule has 1 heterocycles. The summed E-state index contributed by atoms with van der Waals surface area (Å²) in [7, 11) is 0. The molecule has 3 aromatic carbocycles. The fraction of sp³-hybridized carbons (Fsp3) is 0.160. The van der Waals surface area contributed by atoms with Crippen molar-refractivity contribution in [2.24, 2.45) is 5.10 Å². The lowest BCUT2D eigenvalue weighted by atomic mass is 9.90. The molecule has 33 heavy (non-hydrogen) atoms. The third-order valence-corrected chi connectivity index (χ3v) is 5.99. The Bertz CT molecular complexity index is 1180. The molecular weight excluding hydrogens is 506 g/mol. The van der Waals surface area contributed by atoms with E-state index in [-0.39, 0.29) is 17.9 Å². The van der Waals surface area contributed by atoms with E-state index >= 15 is 0 Å². The average molecular weight is 527 g/mol. The molecule has 0 fully saturated rings. The van der Waals surface area contributed by atoms with Crippen molar-refractivity contribution < 1.29 is 14.3 Å². The van der Waals surface area contributed by atoms with Gasteiger partial charge in [0, 0.05) is 21.1 Å². The molecule has 6 nitrogen and oxygen atoms in total. The number of urea groups is 1. The number of halogens is 2. The van der Waals surface area contributed by atoms with Gasteiger partial charge in [0.05, 0.1) is 24.4 Å². The smallest absolute Gasteiger partial charge is 0.342 e. The number of amides is 2. The number of carbonyl (C=O) groups excluding carboxylic acids is 2. The van der Waals surface area contributed by atoms with Crippen LogP contribution in [0.3, 0.4) is 0 Å². The Balaban J connectivity index is 1.61. The van der Waals surface area contributed by atoms with Gasteiger partial charge >= 0.3 is 12.0 Å². The largest absolute Gasteiger partial charge is 0.462 e. The van der Waals surface area contributed by atoms with E-state index in [0.717, 1.165) is 21.3 Å². The number of anilines is 1. The van der Waals surface area contributed by atoms with Gasteiger partial charge < -0.3 is 10.1 Å². The minimum Gasteiger partial charge on any atom is -0.462 e. The highest BCUT2D eigenvalue weighted by Crippen LogP contribution is 2.30. The zero-order valence-electron chi connectivity index (χ0n) is 17.8. The molecule has 4 rings (SSSR count). The van der Waals surface area contributed by atoms with Crippen LogP contribution in [0.15, 0.2) is 82.4 Å². The van der Waals surface area contributed by atoms with Crippen LogP contribution in [-0.2, 0) is 4.74 Å². The monoisotopic (exact) mass is 525 g/mol. The first-order valence-corrected chi connectivity index (χ1v) is 11.6. The maximum atomic E-state index is 12.9. The summed E-state index contributed by atoms with van der Waals surface area (Å²) < 4.78 is 6.00. The van der Waals surface area contributed by atoms with E-state index in [2.05, 4.69) is 26.3 Å². The Morgan fingerprint density at radius 3 is 2.36 bits per heavy atom. The molecule has 0 radical (unpaired) electrons. The van der Waals surface area contributed by atoms with Gasteiger partial charge in [-0.1, -0.05) is 51.8 Å². The lowest BCUT2D eigenvalue weighted by Gasteiger charge is -2.16. The van der Waals surface area contributed by atoms with Crippen LogP contribution in [0.2, 0.25) is 5.02 Å². The molecule has 1 atom stereocenters. The van der Waals surface area contributed by atoms with Crippen LogP contribution < -0.4 is 5.32 Å². The molecule has 1 N–H and O–H groups in total. The number of hydrazone groups is 1. The third kappa shape index (κ3) is 5.43. The predicted molar refractivity (Wildman–Crippen MR) is 133 cm³/mol. The van der Waals surface area contributed by atoms with E-state index in [1.165, 1.54) is 5.01 Å². The Kier molecular flexibility index (Phi) is 7.11. The minimum atomic E-state index is -0.363. The second-order valence-electron chi connectivity index (χ2n) is 7.41. The van der Waals surface area contributed by atoms with E-state index < -0.39 is 0 Å². The number of nitrogens with one attached hydrogen (secondary N) is 1. The van der Waals surface area contributed by atoms with Crippen LogP contribution in [-0.4, -0.2) is 35.9 Å². The topological polar surface area (TPSA) is 71.0 Å². The summed E-state index contributed by atoms with van der Waals surface area (Å²) in [6, 6.07) is 21.6. The number of carbonyl (C=O) groups is 2. The van der Waals surface area contributed by atoms with Gasteiger partial charge in [-0.25, -0.2) is 14.6 Å². The van der Waals surface area contributed by atoms with Gasteiger partial charge in [-0.05, 0) is 66.6 Å². The van der Waals surface area contributed by atoms with Gasteiger partial charge in [-0.2, -0.15) is 5.10 Å². The summed E-state index contributed by atoms with van der Waals surface area (Å²) in [5.74, 6) is -0.532. The number of nitrogens with zero attached hydrogens (tertiary/aromatic N) is 2. The van der Waals surface area contributed by atoms with Crippen molar-refractivity contribution in [3.63, 3.8) is 0 Å². The van der Waals surface area contributed by atoms with Crippen molar-refractivity contribution in [3.05, 3.63) is 99.0 Å². The predicted octanol–water partition coefficient (Wildman–Crippen LogP) is 6.31. The van der Waals surface area contributed by atoms with Crippen LogP contribution >= 0.6 is 27.5 Å². The Morgan fingerprint density at radius 1 is 1.06 bits per heavy atom. The molecule has 3 aromatic rings. The highest BCUT2D eigenvalue weighted by atomic mass is 79.9. The molecule has 1 unspecified atom stereocenters. The van der Waals surface area contributed by atoms with E-state index in [9.17, 15) is 9.59 Å². The summed E-state index contributed by atoms with van der Waals surface area (Å²) in [6.45, 7) is 2.45. The van der Waals surface area contributed by atoms with Crippen LogP contribution in [0.25, 0.3) is 0 Å². The Hall–Kier alpha value is -3.16. The molecule has 0 saturated heterocycles. The SMILES string of the molecule is CCOC(=O)c1ccc(C2CN(C(=O)Nc3ccc(Br)cc3)N=C2c2ccc(Cl)cc2)cc1. The summed E-state index contributed by atoms with van der Waals surface area (Å²) in [5.41, 5.74) is 3.72. The molecule has 2 amide bonds. The van der Waals surface area contributed by atoms with Crippen LogP contribution in [0.5, 0.6) is 0 Å². The van der Waals surface area contributed by atoms with E-state index in [4.69, 9.17) is 16.3 Å². The van der Waals surface area contributed by atoms with Crippen LogP contribution in [0.1, 0.15) is 34.3 Å². The molecular formula is C25H21BrClN3O3.